The number of fused-ring (bicyclic) bond motifs is 3. The van der Waals surface area contributed by atoms with Crippen LogP contribution < -0.4 is 10.3 Å². The molecule has 0 unspecified atom stereocenters. The van der Waals surface area contributed by atoms with E-state index >= 15 is 4.39 Å². The molecule has 6 nitrogen and oxygen atoms in total. The number of aromatic nitrogens is 1. The molecular formula is C18H18FN3O3S. The van der Waals surface area contributed by atoms with Crippen LogP contribution in [0.1, 0.15) is 15.9 Å². The van der Waals surface area contributed by atoms with Crippen LogP contribution in [0.5, 0.6) is 0 Å². The molecule has 0 atom stereocenters. The summed E-state index contributed by atoms with van der Waals surface area (Å²) >= 11 is 1.19. The van der Waals surface area contributed by atoms with E-state index in [2.05, 4.69) is 4.90 Å². The first-order valence-corrected chi connectivity index (χ1v) is 9.19. The van der Waals surface area contributed by atoms with Crippen LogP contribution in [-0.4, -0.2) is 53.6 Å². The number of anilines is 1. The topological polar surface area (TPSA) is 65.3 Å². The normalized spacial score (nSPS) is 15.9. The van der Waals surface area contributed by atoms with Gasteiger partial charge in [-0.3, -0.25) is 4.79 Å². The van der Waals surface area contributed by atoms with Gasteiger partial charge >= 0.3 is 5.97 Å². The van der Waals surface area contributed by atoms with Gasteiger partial charge in [0.25, 0.3) is 0 Å². The van der Waals surface area contributed by atoms with E-state index in [4.69, 9.17) is 0 Å². The summed E-state index contributed by atoms with van der Waals surface area (Å²) in [5.74, 6) is -1.74. The van der Waals surface area contributed by atoms with Gasteiger partial charge in [-0.2, -0.15) is 0 Å². The second kappa shape index (κ2) is 6.07. The van der Waals surface area contributed by atoms with E-state index in [9.17, 15) is 14.7 Å². The molecular weight excluding hydrogens is 357 g/mol. The Balaban J connectivity index is 2.05. The van der Waals surface area contributed by atoms with Crippen molar-refractivity contribution in [3.63, 3.8) is 0 Å². The molecule has 8 heteroatoms. The SMILES string of the molecule is Cc1c(F)c(N2CCN(C)CC2)cc2c1c(=O)c(C(=O)O)c1sccn12. The largest absolute Gasteiger partial charge is 0.477 e. The van der Waals surface area contributed by atoms with E-state index in [1.807, 2.05) is 11.9 Å². The van der Waals surface area contributed by atoms with E-state index in [1.54, 1.807) is 29.0 Å². The molecule has 136 valence electrons. The molecule has 1 saturated heterocycles. The fraction of sp³-hybridized carbons (Fsp3) is 0.333. The lowest BCUT2D eigenvalue weighted by atomic mass is 10.0. The fourth-order valence-corrected chi connectivity index (χ4v) is 4.46. The predicted octanol–water partition coefficient (Wildman–Crippen LogP) is 2.41. The highest BCUT2D eigenvalue weighted by Crippen LogP contribution is 2.31. The molecule has 0 bridgehead atoms. The maximum atomic E-state index is 15.1. The second-order valence-electron chi connectivity index (χ2n) is 6.61. The number of hydrogen-bond donors (Lipinski definition) is 1. The summed E-state index contributed by atoms with van der Waals surface area (Å²) in [6, 6.07) is 1.68. The average molecular weight is 375 g/mol. The number of carbonyl (C=O) groups is 1. The van der Waals surface area contributed by atoms with Gasteiger partial charge in [-0.15, -0.1) is 11.3 Å². The zero-order valence-corrected chi connectivity index (χ0v) is 15.3. The van der Waals surface area contributed by atoms with Gasteiger partial charge in [0.1, 0.15) is 16.2 Å². The lowest BCUT2D eigenvalue weighted by molar-refractivity contribution is 0.0697. The van der Waals surface area contributed by atoms with Gasteiger partial charge in [-0.25, -0.2) is 9.18 Å². The van der Waals surface area contributed by atoms with Crippen LogP contribution in [0.15, 0.2) is 22.4 Å². The van der Waals surface area contributed by atoms with E-state index in [0.717, 1.165) is 13.1 Å². The standard InChI is InChI=1S/C18H18FN3O3S/c1-10-13-11(9-12(15(10)19)21-5-3-20(2)4-6-21)22-7-8-26-17(22)14(16(13)23)18(24)25/h7-9H,3-6H2,1-2H3,(H,24,25). The van der Waals surface area contributed by atoms with Crippen molar-refractivity contribution in [3.05, 3.63) is 44.8 Å². The molecule has 3 heterocycles. The van der Waals surface area contributed by atoms with Gasteiger partial charge in [0.15, 0.2) is 0 Å². The van der Waals surface area contributed by atoms with Crippen molar-refractivity contribution < 1.29 is 14.3 Å². The van der Waals surface area contributed by atoms with Crippen LogP contribution in [0.2, 0.25) is 0 Å². The Morgan fingerprint density at radius 3 is 2.62 bits per heavy atom. The van der Waals surface area contributed by atoms with Crippen molar-refractivity contribution in [2.45, 2.75) is 6.92 Å². The number of halogens is 1. The molecule has 2 aromatic heterocycles. The van der Waals surface area contributed by atoms with Crippen molar-refractivity contribution in [1.82, 2.24) is 9.30 Å². The van der Waals surface area contributed by atoms with Crippen LogP contribution >= 0.6 is 11.3 Å². The minimum absolute atomic E-state index is 0.133. The first-order chi connectivity index (χ1) is 12.4. The molecule has 1 aliphatic heterocycles. The van der Waals surface area contributed by atoms with Gasteiger partial charge < -0.3 is 19.3 Å². The molecule has 26 heavy (non-hydrogen) atoms. The third-order valence-corrected chi connectivity index (χ3v) is 5.93. The highest BCUT2D eigenvalue weighted by Gasteiger charge is 2.25. The maximum Gasteiger partial charge on any atom is 0.342 e. The predicted molar refractivity (Wildman–Crippen MR) is 100 cm³/mol. The number of piperazine rings is 1. The highest BCUT2D eigenvalue weighted by atomic mass is 32.1. The summed E-state index contributed by atoms with van der Waals surface area (Å²) in [5.41, 5.74) is 0.276. The molecule has 1 N–H and O–H groups in total. The average Bonchev–Trinajstić information content (AvgIpc) is 3.07. The number of thiazole rings is 1. The molecule has 0 saturated carbocycles. The summed E-state index contributed by atoms with van der Waals surface area (Å²) < 4.78 is 16.8. The number of benzene rings is 1. The Labute approximate surface area is 152 Å². The maximum absolute atomic E-state index is 15.1. The van der Waals surface area contributed by atoms with Crippen molar-refractivity contribution in [3.8, 4) is 0 Å². The molecule has 0 amide bonds. The molecule has 3 aromatic rings. The monoisotopic (exact) mass is 375 g/mol. The smallest absolute Gasteiger partial charge is 0.342 e. The third kappa shape index (κ3) is 2.40. The van der Waals surface area contributed by atoms with Crippen molar-refractivity contribution in [2.24, 2.45) is 0 Å². The quantitative estimate of drug-likeness (QED) is 0.745. The Hall–Kier alpha value is -2.45. The zero-order valence-electron chi connectivity index (χ0n) is 14.5. The fourth-order valence-electron chi connectivity index (χ4n) is 3.57. The molecule has 0 spiro atoms. The molecule has 1 fully saturated rings. The van der Waals surface area contributed by atoms with E-state index in [-0.39, 0.29) is 16.5 Å². The molecule has 4 rings (SSSR count). The van der Waals surface area contributed by atoms with Gasteiger partial charge in [-0.05, 0) is 20.0 Å². The Bertz CT molecular complexity index is 1100. The Morgan fingerprint density at radius 1 is 1.27 bits per heavy atom. The molecule has 0 radical (unpaired) electrons. The lowest BCUT2D eigenvalue weighted by Gasteiger charge is -2.34. The highest BCUT2D eigenvalue weighted by molar-refractivity contribution is 7.16. The summed E-state index contributed by atoms with van der Waals surface area (Å²) in [5, 5.41) is 11.3. The molecule has 0 aliphatic carbocycles. The minimum atomic E-state index is -1.29. The number of hydrogen-bond acceptors (Lipinski definition) is 5. The number of nitrogens with zero attached hydrogens (tertiary/aromatic N) is 3. The van der Waals surface area contributed by atoms with Crippen molar-refractivity contribution in [2.75, 3.05) is 38.1 Å². The first kappa shape index (κ1) is 17.0. The first-order valence-electron chi connectivity index (χ1n) is 8.31. The van der Waals surface area contributed by atoms with Crippen molar-refractivity contribution in [1.29, 1.82) is 0 Å². The van der Waals surface area contributed by atoms with Gasteiger partial charge in [0.2, 0.25) is 5.43 Å². The van der Waals surface area contributed by atoms with Crippen LogP contribution in [0.4, 0.5) is 10.1 Å². The van der Waals surface area contributed by atoms with Crippen LogP contribution in [-0.2, 0) is 0 Å². The van der Waals surface area contributed by atoms with Crippen LogP contribution in [0, 0.1) is 12.7 Å². The number of pyridine rings is 1. The van der Waals surface area contributed by atoms with Gasteiger partial charge in [0, 0.05) is 43.3 Å². The Morgan fingerprint density at radius 2 is 1.96 bits per heavy atom. The zero-order chi connectivity index (χ0) is 18.6. The van der Waals surface area contributed by atoms with E-state index in [1.165, 1.54) is 11.3 Å². The number of rotatable bonds is 2. The Kier molecular flexibility index (Phi) is 3.96. The lowest BCUT2D eigenvalue weighted by Crippen LogP contribution is -2.44. The number of carboxylic acid groups (broad SMARTS) is 1. The minimum Gasteiger partial charge on any atom is -0.477 e. The van der Waals surface area contributed by atoms with E-state index < -0.39 is 17.2 Å². The van der Waals surface area contributed by atoms with Gasteiger partial charge in [-0.1, -0.05) is 0 Å². The van der Waals surface area contributed by atoms with Crippen LogP contribution in [0.25, 0.3) is 15.7 Å². The van der Waals surface area contributed by atoms with Crippen LogP contribution in [0.3, 0.4) is 0 Å². The molecule has 1 aromatic carbocycles. The summed E-state index contributed by atoms with van der Waals surface area (Å²) in [7, 11) is 2.03. The van der Waals surface area contributed by atoms with Crippen molar-refractivity contribution >= 4 is 38.7 Å². The number of aromatic carboxylic acids is 1. The summed E-state index contributed by atoms with van der Waals surface area (Å²) in [6.07, 6.45) is 1.72. The molecule has 1 aliphatic rings. The van der Waals surface area contributed by atoms with E-state index in [0.29, 0.717) is 29.1 Å². The second-order valence-corrected chi connectivity index (χ2v) is 7.50. The number of carboxylic acids is 1. The third-order valence-electron chi connectivity index (χ3n) is 5.05. The number of likely N-dealkylation sites (N-methyl/N-ethyl adjacent to an activating group) is 1. The number of aryl methyl sites for hydroxylation is 1. The van der Waals surface area contributed by atoms with Gasteiger partial charge in [0.05, 0.1) is 16.6 Å². The summed E-state index contributed by atoms with van der Waals surface area (Å²) in [4.78, 5) is 28.9. The summed E-state index contributed by atoms with van der Waals surface area (Å²) in [6.45, 7) is 4.62.